The van der Waals surface area contributed by atoms with E-state index in [1.807, 2.05) is 27.0 Å². The van der Waals surface area contributed by atoms with E-state index in [9.17, 15) is 9.18 Å². The zero-order valence-corrected chi connectivity index (χ0v) is 14.9. The van der Waals surface area contributed by atoms with Gasteiger partial charge in [0.25, 0.3) is 0 Å². The number of hydrogen-bond donors (Lipinski definition) is 1. The molecule has 7 heteroatoms. The van der Waals surface area contributed by atoms with Crippen molar-refractivity contribution in [1.82, 2.24) is 15.1 Å². The normalized spacial score (nSPS) is 18.7. The molecule has 0 bridgehead atoms. The SMILES string of the molecule is COc1ccc([C@H](C)N[C@@H]2CCN(c3cc(C)nn3C)C2=O)c(F)c1. The second-order valence-corrected chi connectivity index (χ2v) is 6.37. The van der Waals surface area contributed by atoms with Gasteiger partial charge in [0.15, 0.2) is 0 Å². The molecule has 6 nitrogen and oxygen atoms in total. The number of nitrogens with zero attached hydrogens (tertiary/aromatic N) is 3. The first-order chi connectivity index (χ1) is 11.9. The van der Waals surface area contributed by atoms with Crippen molar-refractivity contribution in [2.75, 3.05) is 18.6 Å². The molecule has 0 spiro atoms. The first-order valence-electron chi connectivity index (χ1n) is 8.32. The van der Waals surface area contributed by atoms with Crippen LogP contribution in [0.3, 0.4) is 0 Å². The number of carbonyl (C=O) groups excluding carboxylic acids is 1. The second-order valence-electron chi connectivity index (χ2n) is 6.37. The third-order valence-electron chi connectivity index (χ3n) is 4.58. The molecule has 0 radical (unpaired) electrons. The fraction of sp³-hybridized carbons (Fsp3) is 0.444. The van der Waals surface area contributed by atoms with Crippen molar-refractivity contribution in [2.24, 2.45) is 7.05 Å². The smallest absolute Gasteiger partial charge is 0.245 e. The van der Waals surface area contributed by atoms with Crippen LogP contribution in [0.1, 0.15) is 30.6 Å². The van der Waals surface area contributed by atoms with Gasteiger partial charge < -0.3 is 4.74 Å². The summed E-state index contributed by atoms with van der Waals surface area (Å²) in [6.45, 7) is 4.37. The molecule has 0 aliphatic carbocycles. The topological polar surface area (TPSA) is 59.4 Å². The molecule has 1 amide bonds. The number of halogens is 1. The van der Waals surface area contributed by atoms with Crippen LogP contribution in [-0.4, -0.2) is 35.4 Å². The van der Waals surface area contributed by atoms with E-state index >= 15 is 0 Å². The highest BCUT2D eigenvalue weighted by atomic mass is 19.1. The summed E-state index contributed by atoms with van der Waals surface area (Å²) in [5.41, 5.74) is 1.39. The molecule has 2 aromatic rings. The first-order valence-corrected chi connectivity index (χ1v) is 8.32. The molecule has 25 heavy (non-hydrogen) atoms. The van der Waals surface area contributed by atoms with Gasteiger partial charge in [-0.05, 0) is 26.3 Å². The average Bonchev–Trinajstić information content (AvgIpc) is 3.09. The lowest BCUT2D eigenvalue weighted by molar-refractivity contribution is -0.119. The van der Waals surface area contributed by atoms with Crippen LogP contribution in [0.25, 0.3) is 0 Å². The lowest BCUT2D eigenvalue weighted by Gasteiger charge is -2.21. The molecule has 2 atom stereocenters. The third kappa shape index (κ3) is 3.37. The molecule has 1 N–H and O–H groups in total. The molecule has 1 aliphatic heterocycles. The van der Waals surface area contributed by atoms with Gasteiger partial charge in [0, 0.05) is 37.3 Å². The molecule has 0 unspecified atom stereocenters. The van der Waals surface area contributed by atoms with Crippen LogP contribution < -0.4 is 15.0 Å². The molecule has 1 fully saturated rings. The second kappa shape index (κ2) is 6.84. The summed E-state index contributed by atoms with van der Waals surface area (Å²) in [5.74, 6) is 0.908. The number of carbonyl (C=O) groups is 1. The van der Waals surface area contributed by atoms with Gasteiger partial charge in [-0.3, -0.25) is 19.7 Å². The Morgan fingerprint density at radius 2 is 2.16 bits per heavy atom. The van der Waals surface area contributed by atoms with Crippen molar-refractivity contribution < 1.29 is 13.9 Å². The van der Waals surface area contributed by atoms with Crippen LogP contribution in [0, 0.1) is 12.7 Å². The Kier molecular flexibility index (Phi) is 4.76. The Morgan fingerprint density at radius 3 is 2.76 bits per heavy atom. The van der Waals surface area contributed by atoms with E-state index < -0.39 is 0 Å². The molecule has 1 aromatic carbocycles. The van der Waals surface area contributed by atoms with Crippen molar-refractivity contribution in [2.45, 2.75) is 32.4 Å². The zero-order valence-electron chi connectivity index (χ0n) is 14.9. The number of methoxy groups -OCH3 is 1. The molecular formula is C18H23FN4O2. The van der Waals surface area contributed by atoms with Gasteiger partial charge in [0.05, 0.1) is 18.8 Å². The van der Waals surface area contributed by atoms with Crippen molar-refractivity contribution in [1.29, 1.82) is 0 Å². The maximum Gasteiger partial charge on any atom is 0.245 e. The zero-order chi connectivity index (χ0) is 18.1. The van der Waals surface area contributed by atoms with Crippen molar-refractivity contribution in [3.05, 3.63) is 41.3 Å². The van der Waals surface area contributed by atoms with Crippen LogP contribution >= 0.6 is 0 Å². The minimum atomic E-state index is -0.344. The molecule has 1 aromatic heterocycles. The summed E-state index contributed by atoms with van der Waals surface area (Å²) in [7, 11) is 3.33. The molecule has 1 saturated heterocycles. The monoisotopic (exact) mass is 346 g/mol. The third-order valence-corrected chi connectivity index (χ3v) is 4.58. The number of aryl methyl sites for hydroxylation is 2. The Bertz CT molecular complexity index is 789. The Balaban J connectivity index is 1.71. The number of ether oxygens (including phenoxy) is 1. The summed E-state index contributed by atoms with van der Waals surface area (Å²) in [6.07, 6.45) is 0.672. The maximum absolute atomic E-state index is 14.2. The fourth-order valence-corrected chi connectivity index (χ4v) is 3.29. The van der Waals surface area contributed by atoms with Gasteiger partial charge >= 0.3 is 0 Å². The van der Waals surface area contributed by atoms with E-state index in [1.54, 1.807) is 21.7 Å². The Labute approximate surface area is 146 Å². The fourth-order valence-electron chi connectivity index (χ4n) is 3.29. The number of amides is 1. The van der Waals surface area contributed by atoms with Gasteiger partial charge in [-0.25, -0.2) is 4.39 Å². The quantitative estimate of drug-likeness (QED) is 0.903. The molecule has 134 valence electrons. The van der Waals surface area contributed by atoms with Crippen molar-refractivity contribution in [3.8, 4) is 5.75 Å². The highest BCUT2D eigenvalue weighted by Gasteiger charge is 2.35. The molecule has 3 rings (SSSR count). The van der Waals surface area contributed by atoms with E-state index in [0.29, 0.717) is 24.3 Å². The maximum atomic E-state index is 14.2. The number of rotatable bonds is 5. The lowest BCUT2D eigenvalue weighted by Crippen LogP contribution is -2.40. The van der Waals surface area contributed by atoms with Crippen LogP contribution in [0.15, 0.2) is 24.3 Å². The lowest BCUT2D eigenvalue weighted by atomic mass is 10.1. The summed E-state index contributed by atoms with van der Waals surface area (Å²) in [5, 5.41) is 7.54. The van der Waals surface area contributed by atoms with E-state index in [4.69, 9.17) is 4.74 Å². The summed E-state index contributed by atoms with van der Waals surface area (Å²) < 4.78 is 21.0. The van der Waals surface area contributed by atoms with Gasteiger partial charge in [-0.1, -0.05) is 6.07 Å². The van der Waals surface area contributed by atoms with E-state index in [1.165, 1.54) is 13.2 Å². The predicted molar refractivity (Wildman–Crippen MR) is 93.2 cm³/mol. The van der Waals surface area contributed by atoms with Crippen LogP contribution in [0.4, 0.5) is 10.2 Å². The first kappa shape index (κ1) is 17.4. The van der Waals surface area contributed by atoms with Crippen molar-refractivity contribution >= 4 is 11.7 Å². The van der Waals surface area contributed by atoms with Crippen LogP contribution in [-0.2, 0) is 11.8 Å². The van der Waals surface area contributed by atoms with Crippen molar-refractivity contribution in [3.63, 3.8) is 0 Å². The van der Waals surface area contributed by atoms with Crippen LogP contribution in [0.2, 0.25) is 0 Å². The summed E-state index contributed by atoms with van der Waals surface area (Å²) in [6, 6.07) is 6.03. The molecule has 1 aliphatic rings. The minimum absolute atomic E-state index is 0.0104. The van der Waals surface area contributed by atoms with Crippen LogP contribution in [0.5, 0.6) is 5.75 Å². The van der Waals surface area contributed by atoms with Gasteiger partial charge in [-0.2, -0.15) is 5.10 Å². The average molecular weight is 346 g/mol. The molecular weight excluding hydrogens is 323 g/mol. The van der Waals surface area contributed by atoms with Gasteiger partial charge in [0.2, 0.25) is 5.91 Å². The standard InChI is InChI=1S/C18H23FN4O2/c1-11-9-17(22(3)21-11)23-8-7-16(18(23)24)20-12(2)14-6-5-13(25-4)10-15(14)19/h5-6,9-10,12,16,20H,7-8H2,1-4H3/t12-,16+/m0/s1. The number of benzene rings is 1. The van der Waals surface area contributed by atoms with Gasteiger partial charge in [-0.15, -0.1) is 0 Å². The predicted octanol–water partition coefficient (Wildman–Crippen LogP) is 2.33. The van der Waals surface area contributed by atoms with E-state index in [-0.39, 0.29) is 23.8 Å². The molecule has 2 heterocycles. The number of hydrogen-bond acceptors (Lipinski definition) is 4. The number of nitrogens with one attached hydrogen (secondary N) is 1. The van der Waals surface area contributed by atoms with E-state index in [0.717, 1.165) is 11.5 Å². The summed E-state index contributed by atoms with van der Waals surface area (Å²) >= 11 is 0. The largest absolute Gasteiger partial charge is 0.497 e. The highest BCUT2D eigenvalue weighted by Crippen LogP contribution is 2.26. The van der Waals surface area contributed by atoms with E-state index in [2.05, 4.69) is 10.4 Å². The highest BCUT2D eigenvalue weighted by molar-refractivity contribution is 5.98. The Morgan fingerprint density at radius 1 is 1.40 bits per heavy atom. The number of aromatic nitrogens is 2. The minimum Gasteiger partial charge on any atom is -0.497 e. The molecule has 0 saturated carbocycles. The van der Waals surface area contributed by atoms with Gasteiger partial charge in [0.1, 0.15) is 17.4 Å². The summed E-state index contributed by atoms with van der Waals surface area (Å²) in [4.78, 5) is 14.5. The Hall–Kier alpha value is -2.41. The number of anilines is 1.